The zero-order valence-corrected chi connectivity index (χ0v) is 11.4. The van der Waals surface area contributed by atoms with Crippen molar-refractivity contribution in [2.24, 2.45) is 5.92 Å². The van der Waals surface area contributed by atoms with Crippen LogP contribution >= 0.6 is 0 Å². The van der Waals surface area contributed by atoms with E-state index in [-0.39, 0.29) is 11.9 Å². The molecule has 0 radical (unpaired) electrons. The van der Waals surface area contributed by atoms with E-state index < -0.39 is 0 Å². The maximum absolute atomic E-state index is 8.85. The highest BCUT2D eigenvalue weighted by Gasteiger charge is 2.18. The van der Waals surface area contributed by atoms with Crippen molar-refractivity contribution in [1.82, 2.24) is 15.0 Å². The smallest absolute Gasteiger partial charge is 0.231 e. The number of nitrogens with zero attached hydrogens (tertiary/aromatic N) is 6. The molecule has 0 amide bonds. The largest absolute Gasteiger partial charge is 0.368 e. The molecule has 1 aliphatic rings. The first-order valence-corrected chi connectivity index (χ1v) is 6.47. The van der Waals surface area contributed by atoms with Gasteiger partial charge in [-0.05, 0) is 19.8 Å². The number of nitriles is 1. The molecule has 7 heteroatoms. The van der Waals surface area contributed by atoms with Crippen LogP contribution in [0.5, 0.6) is 0 Å². The summed E-state index contributed by atoms with van der Waals surface area (Å²) < 4.78 is 0. The van der Waals surface area contributed by atoms with Gasteiger partial charge in [-0.2, -0.15) is 20.2 Å². The molecule has 19 heavy (non-hydrogen) atoms. The topological polar surface area (TPSA) is 95.0 Å². The van der Waals surface area contributed by atoms with Gasteiger partial charge in [0.15, 0.2) is 0 Å². The van der Waals surface area contributed by atoms with E-state index >= 15 is 0 Å². The van der Waals surface area contributed by atoms with Crippen molar-refractivity contribution >= 4 is 17.8 Å². The molecule has 2 N–H and O–H groups in total. The molecule has 1 unspecified atom stereocenters. The van der Waals surface area contributed by atoms with Crippen LogP contribution in [0.15, 0.2) is 0 Å². The molecule has 1 fully saturated rings. The molecule has 0 spiro atoms. The Morgan fingerprint density at radius 1 is 1.37 bits per heavy atom. The van der Waals surface area contributed by atoms with Crippen molar-refractivity contribution in [3.05, 3.63) is 0 Å². The molecule has 1 aromatic rings. The van der Waals surface area contributed by atoms with Crippen LogP contribution in [-0.2, 0) is 0 Å². The lowest BCUT2D eigenvalue weighted by atomic mass is 10.2. The lowest BCUT2D eigenvalue weighted by Crippen LogP contribution is -2.28. The third-order valence-corrected chi connectivity index (χ3v) is 3.13. The molecule has 1 atom stereocenters. The number of rotatable bonds is 4. The molecule has 7 nitrogen and oxygen atoms in total. The Kier molecular flexibility index (Phi) is 4.00. The van der Waals surface area contributed by atoms with Gasteiger partial charge in [0.05, 0.1) is 12.0 Å². The first kappa shape index (κ1) is 13.3. The number of hydrogen-bond acceptors (Lipinski definition) is 7. The molecule has 2 rings (SSSR count). The Morgan fingerprint density at radius 3 is 2.68 bits per heavy atom. The number of nitrogen functional groups attached to an aromatic ring is 1. The average Bonchev–Trinajstić information content (AvgIpc) is 2.91. The van der Waals surface area contributed by atoms with Gasteiger partial charge in [-0.15, -0.1) is 0 Å². The molecular weight excluding hydrogens is 242 g/mol. The number of hydrogen-bond donors (Lipinski definition) is 1. The first-order chi connectivity index (χ1) is 9.10. The SMILES string of the molecule is CC(C#N)CN(C)c1nc(N)nc(N2CCCC2)n1. The van der Waals surface area contributed by atoms with E-state index in [4.69, 9.17) is 11.0 Å². The maximum atomic E-state index is 8.85. The van der Waals surface area contributed by atoms with Gasteiger partial charge in [-0.25, -0.2) is 0 Å². The van der Waals surface area contributed by atoms with E-state index in [1.165, 1.54) is 0 Å². The zero-order chi connectivity index (χ0) is 13.8. The first-order valence-electron chi connectivity index (χ1n) is 6.47. The lowest BCUT2D eigenvalue weighted by molar-refractivity contribution is 0.699. The normalized spacial score (nSPS) is 16.2. The molecule has 2 heterocycles. The van der Waals surface area contributed by atoms with Crippen molar-refractivity contribution in [1.29, 1.82) is 5.26 Å². The van der Waals surface area contributed by atoms with E-state index in [1.807, 2.05) is 18.9 Å². The minimum Gasteiger partial charge on any atom is -0.368 e. The Balaban J connectivity index is 2.18. The van der Waals surface area contributed by atoms with E-state index in [2.05, 4.69) is 25.9 Å². The predicted octanol–water partition coefficient (Wildman–Crippen LogP) is 0.650. The van der Waals surface area contributed by atoms with Crippen LogP contribution < -0.4 is 15.5 Å². The summed E-state index contributed by atoms with van der Waals surface area (Å²) in [7, 11) is 1.86. The van der Waals surface area contributed by atoms with Gasteiger partial charge < -0.3 is 15.5 Å². The molecular formula is C12H19N7. The second-order valence-electron chi connectivity index (χ2n) is 4.90. The van der Waals surface area contributed by atoms with Crippen molar-refractivity contribution in [2.75, 3.05) is 42.2 Å². The maximum Gasteiger partial charge on any atom is 0.231 e. The highest BCUT2D eigenvalue weighted by molar-refractivity contribution is 5.43. The van der Waals surface area contributed by atoms with Crippen molar-refractivity contribution < 1.29 is 0 Å². The molecule has 0 aromatic carbocycles. The number of aromatic nitrogens is 3. The predicted molar refractivity (Wildman–Crippen MR) is 73.7 cm³/mol. The summed E-state index contributed by atoms with van der Waals surface area (Å²) in [5, 5.41) is 8.85. The van der Waals surface area contributed by atoms with Gasteiger partial charge in [-0.3, -0.25) is 0 Å². The van der Waals surface area contributed by atoms with E-state index in [9.17, 15) is 0 Å². The Morgan fingerprint density at radius 2 is 2.05 bits per heavy atom. The van der Waals surface area contributed by atoms with Crippen LogP contribution in [0.2, 0.25) is 0 Å². The fourth-order valence-electron chi connectivity index (χ4n) is 2.13. The van der Waals surface area contributed by atoms with Crippen molar-refractivity contribution in [2.45, 2.75) is 19.8 Å². The molecule has 0 aliphatic carbocycles. The molecule has 102 valence electrons. The molecule has 0 saturated carbocycles. The van der Waals surface area contributed by atoms with E-state index in [0.29, 0.717) is 18.4 Å². The van der Waals surface area contributed by atoms with Gasteiger partial charge in [0.1, 0.15) is 0 Å². The zero-order valence-electron chi connectivity index (χ0n) is 11.4. The van der Waals surface area contributed by atoms with Crippen LogP contribution in [0.25, 0.3) is 0 Å². The second-order valence-corrected chi connectivity index (χ2v) is 4.90. The van der Waals surface area contributed by atoms with Gasteiger partial charge >= 0.3 is 0 Å². The average molecular weight is 261 g/mol. The monoisotopic (exact) mass is 261 g/mol. The summed E-state index contributed by atoms with van der Waals surface area (Å²) in [6, 6.07) is 2.20. The molecule has 1 aliphatic heterocycles. The number of nitrogens with two attached hydrogens (primary N) is 1. The van der Waals surface area contributed by atoms with Gasteiger partial charge in [0, 0.05) is 26.7 Å². The van der Waals surface area contributed by atoms with Gasteiger partial charge in [0.2, 0.25) is 17.8 Å². The summed E-state index contributed by atoms with van der Waals surface area (Å²) in [4.78, 5) is 16.7. The molecule has 0 bridgehead atoms. The summed E-state index contributed by atoms with van der Waals surface area (Å²) in [6.07, 6.45) is 2.31. The van der Waals surface area contributed by atoms with Crippen LogP contribution in [0.4, 0.5) is 17.8 Å². The number of anilines is 3. The fourth-order valence-corrected chi connectivity index (χ4v) is 2.13. The summed E-state index contributed by atoms with van der Waals surface area (Å²) in [6.45, 7) is 4.35. The minimum absolute atomic E-state index is 0.0850. The third kappa shape index (κ3) is 3.22. The second kappa shape index (κ2) is 5.69. The molecule has 1 saturated heterocycles. The van der Waals surface area contributed by atoms with Crippen LogP contribution in [-0.4, -0.2) is 41.6 Å². The van der Waals surface area contributed by atoms with Crippen molar-refractivity contribution in [3.63, 3.8) is 0 Å². The fraction of sp³-hybridized carbons (Fsp3) is 0.667. The minimum atomic E-state index is -0.0850. The van der Waals surface area contributed by atoms with Crippen LogP contribution in [0.3, 0.4) is 0 Å². The van der Waals surface area contributed by atoms with Crippen LogP contribution in [0, 0.1) is 17.2 Å². The lowest BCUT2D eigenvalue weighted by Gasteiger charge is -2.21. The third-order valence-electron chi connectivity index (χ3n) is 3.13. The Hall–Kier alpha value is -2.10. The van der Waals surface area contributed by atoms with E-state index in [0.717, 1.165) is 25.9 Å². The molecule has 1 aromatic heterocycles. The Bertz CT molecular complexity index is 475. The van der Waals surface area contributed by atoms with Gasteiger partial charge in [0.25, 0.3) is 0 Å². The Labute approximate surface area is 113 Å². The van der Waals surface area contributed by atoms with Crippen molar-refractivity contribution in [3.8, 4) is 6.07 Å². The highest BCUT2D eigenvalue weighted by Crippen LogP contribution is 2.19. The summed E-state index contributed by atoms with van der Waals surface area (Å²) in [5.41, 5.74) is 5.75. The quantitative estimate of drug-likeness (QED) is 0.850. The van der Waals surface area contributed by atoms with E-state index in [1.54, 1.807) is 0 Å². The highest BCUT2D eigenvalue weighted by atomic mass is 15.3. The van der Waals surface area contributed by atoms with Crippen LogP contribution in [0.1, 0.15) is 19.8 Å². The standard InChI is InChI=1S/C12H19N7/c1-9(7-13)8-18(2)11-15-10(14)16-12(17-11)19-5-3-4-6-19/h9H,3-6,8H2,1-2H3,(H2,14,15,16,17). The summed E-state index contributed by atoms with van der Waals surface area (Å²) in [5.74, 6) is 1.30. The van der Waals surface area contributed by atoms with Gasteiger partial charge in [-0.1, -0.05) is 0 Å². The summed E-state index contributed by atoms with van der Waals surface area (Å²) >= 11 is 0.